The van der Waals surface area contributed by atoms with Crippen LogP contribution in [0.5, 0.6) is 5.88 Å². The van der Waals surface area contributed by atoms with Crippen LogP contribution in [-0.4, -0.2) is 35.1 Å². The van der Waals surface area contributed by atoms with Crippen molar-refractivity contribution in [2.75, 3.05) is 7.11 Å². The van der Waals surface area contributed by atoms with Gasteiger partial charge in [0.05, 0.1) is 25.2 Å². The highest BCUT2D eigenvalue weighted by Gasteiger charge is 2.43. The normalized spacial score (nSPS) is 31.3. The van der Waals surface area contributed by atoms with Gasteiger partial charge in [-0.3, -0.25) is 4.79 Å². The highest BCUT2D eigenvalue weighted by molar-refractivity contribution is 5.98. The van der Waals surface area contributed by atoms with E-state index in [1.165, 1.54) is 19.5 Å². The minimum Gasteiger partial charge on any atom is -0.479 e. The van der Waals surface area contributed by atoms with Crippen LogP contribution in [0.25, 0.3) is 0 Å². The lowest BCUT2D eigenvalue weighted by molar-refractivity contribution is 0.0489. The largest absolute Gasteiger partial charge is 0.479 e. The van der Waals surface area contributed by atoms with Gasteiger partial charge in [-0.15, -0.1) is 0 Å². The molecule has 4 unspecified atom stereocenters. The van der Waals surface area contributed by atoms with Gasteiger partial charge in [0, 0.05) is 12.4 Å². The number of methoxy groups -OCH3 is 1. The van der Waals surface area contributed by atoms with Crippen LogP contribution in [0, 0.1) is 11.8 Å². The van der Waals surface area contributed by atoms with Gasteiger partial charge in [-0.05, 0) is 19.8 Å². The summed E-state index contributed by atoms with van der Waals surface area (Å²) < 4.78 is 10.8. The van der Waals surface area contributed by atoms with Gasteiger partial charge in [-0.1, -0.05) is 6.92 Å². The van der Waals surface area contributed by atoms with E-state index in [0.29, 0.717) is 5.69 Å². The Labute approximate surface area is 107 Å². The Morgan fingerprint density at radius 2 is 1.89 bits per heavy atom. The summed E-state index contributed by atoms with van der Waals surface area (Å²) in [5, 5.41) is 0. The van der Waals surface area contributed by atoms with E-state index in [2.05, 4.69) is 9.97 Å². The van der Waals surface area contributed by atoms with Crippen molar-refractivity contribution in [3.63, 3.8) is 0 Å². The van der Waals surface area contributed by atoms with Crippen LogP contribution in [-0.2, 0) is 4.74 Å². The zero-order valence-electron chi connectivity index (χ0n) is 11.1. The van der Waals surface area contributed by atoms with Crippen molar-refractivity contribution in [3.05, 3.63) is 18.1 Å². The maximum atomic E-state index is 12.5. The van der Waals surface area contributed by atoms with Crippen molar-refractivity contribution in [3.8, 4) is 5.88 Å². The van der Waals surface area contributed by atoms with Crippen molar-refractivity contribution in [1.29, 1.82) is 0 Å². The second-order valence-corrected chi connectivity index (χ2v) is 4.71. The molecule has 1 aliphatic heterocycles. The van der Waals surface area contributed by atoms with Gasteiger partial charge in [0.25, 0.3) is 0 Å². The Kier molecular flexibility index (Phi) is 3.61. The summed E-state index contributed by atoms with van der Waals surface area (Å²) >= 11 is 0. The molecule has 1 aromatic heterocycles. The van der Waals surface area contributed by atoms with E-state index >= 15 is 0 Å². The monoisotopic (exact) mass is 250 g/mol. The SMILES string of the molecule is COc1nccnc1C(=O)C1C(C)OC(C)C1C. The molecule has 98 valence electrons. The highest BCUT2D eigenvalue weighted by Crippen LogP contribution is 2.35. The van der Waals surface area contributed by atoms with Gasteiger partial charge in [0.1, 0.15) is 0 Å². The molecule has 0 aliphatic carbocycles. The number of ether oxygens (including phenoxy) is 2. The molecule has 5 nitrogen and oxygen atoms in total. The number of carbonyl (C=O) groups is 1. The summed E-state index contributed by atoms with van der Waals surface area (Å²) in [6.45, 7) is 5.94. The Balaban J connectivity index is 2.31. The van der Waals surface area contributed by atoms with Crippen molar-refractivity contribution < 1.29 is 14.3 Å². The molecule has 0 bridgehead atoms. The number of hydrogen-bond acceptors (Lipinski definition) is 5. The maximum Gasteiger partial charge on any atom is 0.243 e. The number of Topliss-reactive ketones (excluding diaryl/α,β-unsaturated/α-hetero) is 1. The van der Waals surface area contributed by atoms with Gasteiger partial charge in [-0.2, -0.15) is 0 Å². The lowest BCUT2D eigenvalue weighted by Crippen LogP contribution is -2.28. The van der Waals surface area contributed by atoms with E-state index < -0.39 is 0 Å². The van der Waals surface area contributed by atoms with Crippen molar-refractivity contribution in [1.82, 2.24) is 9.97 Å². The van der Waals surface area contributed by atoms with Crippen molar-refractivity contribution in [2.24, 2.45) is 11.8 Å². The van der Waals surface area contributed by atoms with E-state index in [0.717, 1.165) is 0 Å². The third-order valence-corrected chi connectivity index (χ3v) is 3.64. The molecular weight excluding hydrogens is 232 g/mol. The first kappa shape index (κ1) is 13.0. The van der Waals surface area contributed by atoms with Crippen LogP contribution < -0.4 is 4.74 Å². The Morgan fingerprint density at radius 1 is 1.22 bits per heavy atom. The number of nitrogens with zero attached hydrogens (tertiary/aromatic N) is 2. The second-order valence-electron chi connectivity index (χ2n) is 4.71. The molecule has 5 heteroatoms. The predicted octanol–water partition coefficient (Wildman–Crippen LogP) is 1.73. The Bertz CT molecular complexity index is 450. The third kappa shape index (κ3) is 2.10. The fourth-order valence-electron chi connectivity index (χ4n) is 2.52. The molecule has 18 heavy (non-hydrogen) atoms. The lowest BCUT2D eigenvalue weighted by atomic mass is 9.85. The first-order chi connectivity index (χ1) is 8.56. The molecule has 0 spiro atoms. The maximum absolute atomic E-state index is 12.5. The van der Waals surface area contributed by atoms with E-state index in [9.17, 15) is 4.79 Å². The molecule has 2 rings (SSSR count). The van der Waals surface area contributed by atoms with Crippen LogP contribution in [0.15, 0.2) is 12.4 Å². The number of aromatic nitrogens is 2. The van der Waals surface area contributed by atoms with Crippen LogP contribution in [0.4, 0.5) is 0 Å². The number of ketones is 1. The lowest BCUT2D eigenvalue weighted by Gasteiger charge is -2.17. The average molecular weight is 250 g/mol. The molecule has 0 amide bonds. The standard InChI is InChI=1S/C13H18N2O3/c1-7-8(2)18-9(3)10(7)12(16)11-13(17-4)15-6-5-14-11/h5-10H,1-4H3. The van der Waals surface area contributed by atoms with E-state index in [4.69, 9.17) is 9.47 Å². The molecule has 4 atom stereocenters. The number of hydrogen-bond donors (Lipinski definition) is 0. The Hall–Kier alpha value is -1.49. The van der Waals surface area contributed by atoms with E-state index in [-0.39, 0.29) is 35.7 Å². The van der Waals surface area contributed by atoms with Crippen molar-refractivity contribution >= 4 is 5.78 Å². The van der Waals surface area contributed by atoms with Crippen molar-refractivity contribution in [2.45, 2.75) is 33.0 Å². The summed E-state index contributed by atoms with van der Waals surface area (Å²) in [5.74, 6) is 0.204. The molecule has 0 N–H and O–H groups in total. The molecule has 0 radical (unpaired) electrons. The summed E-state index contributed by atoms with van der Waals surface area (Å²) in [6, 6.07) is 0. The van der Waals surface area contributed by atoms with E-state index in [1.54, 1.807) is 0 Å². The summed E-state index contributed by atoms with van der Waals surface area (Å²) in [5.41, 5.74) is 0.293. The molecular formula is C13H18N2O3. The van der Waals surface area contributed by atoms with Crippen LogP contribution in [0.3, 0.4) is 0 Å². The first-order valence-electron chi connectivity index (χ1n) is 6.11. The third-order valence-electron chi connectivity index (χ3n) is 3.64. The average Bonchev–Trinajstić information content (AvgIpc) is 2.62. The number of rotatable bonds is 3. The Morgan fingerprint density at radius 3 is 2.44 bits per heavy atom. The van der Waals surface area contributed by atoms with Gasteiger partial charge in [0.2, 0.25) is 5.88 Å². The van der Waals surface area contributed by atoms with Crippen LogP contribution in [0.2, 0.25) is 0 Å². The molecule has 1 saturated heterocycles. The summed E-state index contributed by atoms with van der Waals surface area (Å²) in [6.07, 6.45) is 2.99. The van der Waals surface area contributed by atoms with Gasteiger partial charge >= 0.3 is 0 Å². The van der Waals surface area contributed by atoms with Gasteiger partial charge in [0.15, 0.2) is 11.5 Å². The first-order valence-corrected chi connectivity index (χ1v) is 6.11. The molecule has 1 fully saturated rings. The van der Waals surface area contributed by atoms with Crippen LogP contribution >= 0.6 is 0 Å². The second kappa shape index (κ2) is 5.02. The smallest absolute Gasteiger partial charge is 0.243 e. The minimum atomic E-state index is -0.189. The predicted molar refractivity (Wildman–Crippen MR) is 65.6 cm³/mol. The van der Waals surface area contributed by atoms with Gasteiger partial charge in [-0.25, -0.2) is 9.97 Å². The minimum absolute atomic E-state index is 0.0516. The molecule has 1 aliphatic rings. The fraction of sp³-hybridized carbons (Fsp3) is 0.615. The molecule has 0 saturated carbocycles. The summed E-state index contributed by atoms with van der Waals surface area (Å²) in [4.78, 5) is 20.6. The molecule has 2 heterocycles. The number of carbonyl (C=O) groups excluding carboxylic acids is 1. The zero-order valence-corrected chi connectivity index (χ0v) is 11.1. The zero-order chi connectivity index (χ0) is 13.3. The molecule has 1 aromatic rings. The molecule has 0 aromatic carbocycles. The fourth-order valence-corrected chi connectivity index (χ4v) is 2.52. The van der Waals surface area contributed by atoms with Crippen LogP contribution in [0.1, 0.15) is 31.3 Å². The highest BCUT2D eigenvalue weighted by atomic mass is 16.5. The summed E-state index contributed by atoms with van der Waals surface area (Å²) in [7, 11) is 1.49. The quantitative estimate of drug-likeness (QED) is 0.764. The van der Waals surface area contributed by atoms with E-state index in [1.807, 2.05) is 20.8 Å². The topological polar surface area (TPSA) is 61.3 Å². The van der Waals surface area contributed by atoms with Gasteiger partial charge < -0.3 is 9.47 Å².